The van der Waals surface area contributed by atoms with Gasteiger partial charge in [0.2, 0.25) is 5.91 Å². The molecular formula is C15H19N5O4. The van der Waals surface area contributed by atoms with E-state index in [0.717, 1.165) is 11.4 Å². The summed E-state index contributed by atoms with van der Waals surface area (Å²) < 4.78 is 11.4. The molecule has 1 heterocycles. The Balaban J connectivity index is 1.91. The van der Waals surface area contributed by atoms with Gasteiger partial charge in [0.15, 0.2) is 5.82 Å². The van der Waals surface area contributed by atoms with Gasteiger partial charge in [-0.2, -0.15) is 4.68 Å². The van der Waals surface area contributed by atoms with Crippen molar-refractivity contribution in [3.8, 4) is 11.4 Å². The van der Waals surface area contributed by atoms with Crippen LogP contribution in [0.2, 0.25) is 0 Å². The molecule has 1 aromatic heterocycles. The van der Waals surface area contributed by atoms with Gasteiger partial charge in [-0.15, -0.1) is 5.10 Å². The van der Waals surface area contributed by atoms with Crippen LogP contribution in [0, 0.1) is 0 Å². The minimum absolute atomic E-state index is 0.0447. The van der Waals surface area contributed by atoms with Gasteiger partial charge in [-0.25, -0.2) is 0 Å². The number of hydrogen-bond donors (Lipinski definition) is 1. The van der Waals surface area contributed by atoms with E-state index < -0.39 is 5.97 Å². The largest absolute Gasteiger partial charge is 0.497 e. The van der Waals surface area contributed by atoms with Gasteiger partial charge < -0.3 is 14.8 Å². The number of carbonyl (C=O) groups is 2. The number of nitrogens with zero attached hydrogens (tertiary/aromatic N) is 4. The maximum Gasteiger partial charge on any atom is 0.306 e. The van der Waals surface area contributed by atoms with Crippen LogP contribution < -0.4 is 10.1 Å². The maximum atomic E-state index is 11.8. The molecule has 0 saturated heterocycles. The standard InChI is InChI=1S/C15H19N5O4/c1-3-24-15(22)9-8-14(21)16-10-13-17-18-19-20(13)11-4-6-12(23-2)7-5-11/h4-7H,3,8-10H2,1-2H3,(H,16,21). The van der Waals surface area contributed by atoms with Crippen LogP contribution in [0.1, 0.15) is 25.6 Å². The summed E-state index contributed by atoms with van der Waals surface area (Å²) in [7, 11) is 1.59. The Kier molecular flexibility index (Phi) is 6.23. The molecule has 0 spiro atoms. The van der Waals surface area contributed by atoms with Crippen molar-refractivity contribution in [2.75, 3.05) is 13.7 Å². The maximum absolute atomic E-state index is 11.8. The lowest BCUT2D eigenvalue weighted by Crippen LogP contribution is -2.25. The fourth-order valence-electron chi connectivity index (χ4n) is 1.95. The predicted molar refractivity (Wildman–Crippen MR) is 83.4 cm³/mol. The van der Waals surface area contributed by atoms with Crippen molar-refractivity contribution < 1.29 is 19.1 Å². The van der Waals surface area contributed by atoms with Crippen molar-refractivity contribution in [2.45, 2.75) is 26.3 Å². The first-order valence-electron chi connectivity index (χ1n) is 7.48. The second-order valence-electron chi connectivity index (χ2n) is 4.79. The van der Waals surface area contributed by atoms with Crippen LogP contribution in [0.5, 0.6) is 5.75 Å². The number of benzene rings is 1. The normalized spacial score (nSPS) is 10.2. The zero-order valence-corrected chi connectivity index (χ0v) is 13.6. The van der Waals surface area contributed by atoms with E-state index in [1.807, 2.05) is 0 Å². The molecule has 0 aliphatic heterocycles. The van der Waals surface area contributed by atoms with E-state index in [9.17, 15) is 9.59 Å². The van der Waals surface area contributed by atoms with E-state index in [-0.39, 0.29) is 25.3 Å². The molecule has 2 aromatic rings. The van der Waals surface area contributed by atoms with Crippen molar-refractivity contribution in [2.24, 2.45) is 0 Å². The number of esters is 1. The molecule has 0 fully saturated rings. The van der Waals surface area contributed by atoms with Gasteiger partial charge in [-0.3, -0.25) is 9.59 Å². The third kappa shape index (κ3) is 4.77. The van der Waals surface area contributed by atoms with E-state index in [1.165, 1.54) is 4.68 Å². The van der Waals surface area contributed by atoms with E-state index >= 15 is 0 Å². The van der Waals surface area contributed by atoms with Gasteiger partial charge in [0.05, 0.1) is 32.4 Å². The summed E-state index contributed by atoms with van der Waals surface area (Å²) in [4.78, 5) is 23.0. The molecule has 0 atom stereocenters. The highest BCUT2D eigenvalue weighted by molar-refractivity contribution is 5.81. The van der Waals surface area contributed by atoms with E-state index in [1.54, 1.807) is 38.3 Å². The molecular weight excluding hydrogens is 314 g/mol. The van der Waals surface area contributed by atoms with Crippen LogP contribution in [-0.2, 0) is 20.9 Å². The number of hydrogen-bond acceptors (Lipinski definition) is 7. The van der Waals surface area contributed by atoms with Crippen LogP contribution >= 0.6 is 0 Å². The molecule has 9 nitrogen and oxygen atoms in total. The fourth-order valence-corrected chi connectivity index (χ4v) is 1.95. The smallest absolute Gasteiger partial charge is 0.306 e. The Morgan fingerprint density at radius 2 is 1.96 bits per heavy atom. The minimum atomic E-state index is -0.393. The van der Waals surface area contributed by atoms with E-state index in [0.29, 0.717) is 12.4 Å². The van der Waals surface area contributed by atoms with Crippen molar-refractivity contribution in [1.29, 1.82) is 0 Å². The lowest BCUT2D eigenvalue weighted by atomic mass is 10.3. The van der Waals surface area contributed by atoms with Crippen LogP contribution in [0.25, 0.3) is 5.69 Å². The summed E-state index contributed by atoms with van der Waals surface area (Å²) in [5, 5.41) is 14.1. The number of rotatable bonds is 8. The van der Waals surface area contributed by atoms with Gasteiger partial charge in [0, 0.05) is 6.42 Å². The second-order valence-corrected chi connectivity index (χ2v) is 4.79. The van der Waals surface area contributed by atoms with Crippen molar-refractivity contribution in [3.63, 3.8) is 0 Å². The van der Waals surface area contributed by atoms with Crippen LogP contribution in [0.15, 0.2) is 24.3 Å². The monoisotopic (exact) mass is 333 g/mol. The second kappa shape index (κ2) is 8.61. The molecule has 1 N–H and O–H groups in total. The predicted octanol–water partition coefficient (Wildman–Crippen LogP) is 0.630. The van der Waals surface area contributed by atoms with Gasteiger partial charge in [0.25, 0.3) is 0 Å². The average molecular weight is 333 g/mol. The summed E-state index contributed by atoms with van der Waals surface area (Å²) >= 11 is 0. The van der Waals surface area contributed by atoms with Gasteiger partial charge in [-0.1, -0.05) is 0 Å². The molecule has 128 valence electrons. The average Bonchev–Trinajstić information content (AvgIpc) is 3.07. The van der Waals surface area contributed by atoms with Crippen LogP contribution in [0.3, 0.4) is 0 Å². The first kappa shape index (κ1) is 17.4. The molecule has 24 heavy (non-hydrogen) atoms. The van der Waals surface area contributed by atoms with Crippen molar-refractivity contribution in [1.82, 2.24) is 25.5 Å². The lowest BCUT2D eigenvalue weighted by Gasteiger charge is -2.07. The first-order chi connectivity index (χ1) is 11.6. The third-order valence-corrected chi connectivity index (χ3v) is 3.16. The summed E-state index contributed by atoms with van der Waals surface area (Å²) in [6.45, 7) is 2.18. The highest BCUT2D eigenvalue weighted by Gasteiger charge is 2.11. The summed E-state index contributed by atoms with van der Waals surface area (Å²) in [5.41, 5.74) is 0.747. The summed E-state index contributed by atoms with van der Waals surface area (Å²) in [6.07, 6.45) is 0.103. The number of tetrazole rings is 1. The van der Waals surface area contributed by atoms with E-state index in [4.69, 9.17) is 9.47 Å². The number of amides is 1. The molecule has 0 unspecified atom stereocenters. The van der Waals surface area contributed by atoms with Crippen molar-refractivity contribution >= 4 is 11.9 Å². The minimum Gasteiger partial charge on any atom is -0.497 e. The fraction of sp³-hybridized carbons (Fsp3) is 0.400. The zero-order chi connectivity index (χ0) is 17.4. The van der Waals surface area contributed by atoms with E-state index in [2.05, 4.69) is 20.8 Å². The molecule has 9 heteroatoms. The molecule has 0 bridgehead atoms. The lowest BCUT2D eigenvalue weighted by molar-refractivity contribution is -0.144. The molecule has 2 rings (SSSR count). The molecule has 0 aliphatic carbocycles. The SMILES string of the molecule is CCOC(=O)CCC(=O)NCc1nnnn1-c1ccc(OC)cc1. The Morgan fingerprint density at radius 1 is 1.21 bits per heavy atom. The Labute approximate surface area is 138 Å². The summed E-state index contributed by atoms with van der Waals surface area (Å²) in [6, 6.07) is 7.19. The van der Waals surface area contributed by atoms with Gasteiger partial charge in [-0.05, 0) is 41.6 Å². The quantitative estimate of drug-likeness (QED) is 0.706. The van der Waals surface area contributed by atoms with Crippen LogP contribution in [-0.4, -0.2) is 45.8 Å². The van der Waals surface area contributed by atoms with Gasteiger partial charge in [0.1, 0.15) is 5.75 Å². The Hall–Kier alpha value is -2.97. The Morgan fingerprint density at radius 3 is 2.62 bits per heavy atom. The Bertz CT molecular complexity index is 683. The zero-order valence-electron chi connectivity index (χ0n) is 13.6. The number of carbonyl (C=O) groups excluding carboxylic acids is 2. The molecule has 1 aromatic carbocycles. The van der Waals surface area contributed by atoms with Crippen molar-refractivity contribution in [3.05, 3.63) is 30.1 Å². The molecule has 0 saturated carbocycles. The third-order valence-electron chi connectivity index (χ3n) is 3.16. The molecule has 1 amide bonds. The highest BCUT2D eigenvalue weighted by Crippen LogP contribution is 2.14. The number of nitrogens with one attached hydrogen (secondary N) is 1. The number of ether oxygens (including phenoxy) is 2. The highest BCUT2D eigenvalue weighted by atomic mass is 16.5. The van der Waals surface area contributed by atoms with Crippen LogP contribution in [0.4, 0.5) is 0 Å². The first-order valence-corrected chi connectivity index (χ1v) is 7.48. The van der Waals surface area contributed by atoms with Gasteiger partial charge >= 0.3 is 5.97 Å². The topological polar surface area (TPSA) is 108 Å². The number of aromatic nitrogens is 4. The molecule has 0 radical (unpaired) electrons. The summed E-state index contributed by atoms with van der Waals surface area (Å²) in [5.74, 6) is 0.536. The molecule has 0 aliphatic rings. The number of methoxy groups -OCH3 is 1.